The Morgan fingerprint density at radius 1 is 0.841 bits per heavy atom. The van der Waals surface area contributed by atoms with E-state index in [2.05, 4.69) is 46.1 Å². The molecular formula is C38H46N13O11P. The number of phosphoric acid groups is 1. The lowest BCUT2D eigenvalue weighted by molar-refractivity contribution is -0.0424. The van der Waals surface area contributed by atoms with E-state index in [4.69, 9.17) is 14.5 Å². The Balaban J connectivity index is 0.863. The lowest BCUT2D eigenvalue weighted by Gasteiger charge is -2.16. The highest BCUT2D eigenvalue weighted by Crippen LogP contribution is 2.38. The second kappa shape index (κ2) is 18.3. The topological polar surface area (TPSA) is 308 Å². The van der Waals surface area contributed by atoms with Crippen molar-refractivity contribution in [2.75, 3.05) is 41.0 Å². The van der Waals surface area contributed by atoms with E-state index in [-0.39, 0.29) is 46.7 Å². The molecule has 4 amide bonds. The Hall–Kier alpha value is -6.82. The number of nitrogens with one attached hydrogen (secondary N) is 6. The van der Waals surface area contributed by atoms with Crippen LogP contribution in [0.4, 0.5) is 23.0 Å². The van der Waals surface area contributed by atoms with Crippen LogP contribution in [0.25, 0.3) is 11.2 Å². The van der Waals surface area contributed by atoms with Gasteiger partial charge in [-0.05, 0) is 43.2 Å². The maximum Gasteiger partial charge on any atom is 0.469 e. The lowest BCUT2D eigenvalue weighted by atomic mass is 10.2. The summed E-state index contributed by atoms with van der Waals surface area (Å²) >= 11 is 0. The second-order valence-corrected chi connectivity index (χ2v) is 16.1. The number of aromatic amines is 1. The van der Waals surface area contributed by atoms with Gasteiger partial charge in [-0.3, -0.25) is 38.0 Å². The fraction of sp³-hybridized carbons (Fsp3) is 0.342. The van der Waals surface area contributed by atoms with Crippen molar-refractivity contribution in [3.63, 3.8) is 0 Å². The zero-order valence-corrected chi connectivity index (χ0v) is 35.3. The number of rotatable bonds is 17. The van der Waals surface area contributed by atoms with Gasteiger partial charge in [0.05, 0.1) is 36.1 Å². The Kier molecular flexibility index (Phi) is 12.8. The Bertz CT molecular complexity index is 2790. The number of ether oxygens (including phenoxy) is 1. The van der Waals surface area contributed by atoms with Crippen LogP contribution in [0.2, 0.25) is 0 Å². The van der Waals surface area contributed by atoms with E-state index in [9.17, 15) is 33.6 Å². The molecule has 334 valence electrons. The highest BCUT2D eigenvalue weighted by Gasteiger charge is 2.37. The molecule has 63 heavy (non-hydrogen) atoms. The van der Waals surface area contributed by atoms with E-state index in [0.717, 1.165) is 0 Å². The van der Waals surface area contributed by atoms with E-state index in [1.54, 1.807) is 95.5 Å². The summed E-state index contributed by atoms with van der Waals surface area (Å²) in [5.41, 5.74) is 2.15. The number of imidazole rings is 1. The van der Waals surface area contributed by atoms with Crippen molar-refractivity contribution >= 4 is 65.6 Å². The SMILES string of the molecule is Cn1cc(NC(=O)c2cc(NC(=O)c3cc(NC(=O)c4cccn4C)cn3C)cn2C)cc1C(=O)NCCCCNc1nc2c(ncn2[C@H]2C[C@H](O)[C@@H](COP(=O)(O)O)O2)c(=O)[nH]1. The number of aliphatic hydroxyl groups excluding tert-OH is 1. The molecule has 24 nitrogen and oxygen atoms in total. The fourth-order valence-electron chi connectivity index (χ4n) is 7.03. The molecule has 0 spiro atoms. The summed E-state index contributed by atoms with van der Waals surface area (Å²) in [6.07, 6.45) is 6.13. The molecule has 7 heterocycles. The molecule has 0 aromatic carbocycles. The standard InChI is InChI=1S/C38H46N13O11P/c1-47-11-7-8-24(47)34(54)42-22-13-26(49(3)17-22)36(56)44-23-14-27(50(4)18-23)35(55)43-21-12-25(48(2)16-21)33(53)39-9-5-6-10-40-38-45-32-31(37(57)46-38)41-20-51(32)30-15-28(52)29(62-30)19-61-63(58,59)60/h7-8,11-14,16-18,20,28-30,52H,5-6,9-10,15,19H2,1-4H3,(H,39,53)(H,42,54)(H,43,55)(H,44,56)(H2,58,59,60)(H2,40,45,46,57)/t28-,29+,30+/m0/s1. The van der Waals surface area contributed by atoms with Crippen molar-refractivity contribution < 1.29 is 47.9 Å². The Labute approximate surface area is 357 Å². The van der Waals surface area contributed by atoms with Gasteiger partial charge >= 0.3 is 7.82 Å². The van der Waals surface area contributed by atoms with Crippen LogP contribution in [0.5, 0.6) is 0 Å². The van der Waals surface area contributed by atoms with Crippen LogP contribution >= 0.6 is 7.82 Å². The predicted octanol–water partition coefficient (Wildman–Crippen LogP) is 1.61. The molecule has 9 N–H and O–H groups in total. The minimum Gasteiger partial charge on any atom is -0.390 e. The van der Waals surface area contributed by atoms with Gasteiger partial charge in [0.2, 0.25) is 5.95 Å². The van der Waals surface area contributed by atoms with Crippen LogP contribution in [-0.2, 0) is 42.0 Å². The number of carbonyl (C=O) groups excluding carboxylic acids is 4. The number of aryl methyl sites for hydroxylation is 4. The second-order valence-electron chi connectivity index (χ2n) is 14.9. The third-order valence-electron chi connectivity index (χ3n) is 10.2. The molecule has 0 bridgehead atoms. The number of aliphatic hydroxyl groups is 1. The van der Waals surface area contributed by atoms with Crippen molar-refractivity contribution in [3.05, 3.63) is 94.6 Å². The van der Waals surface area contributed by atoms with Gasteiger partial charge in [0, 0.05) is 72.5 Å². The van der Waals surface area contributed by atoms with Crippen LogP contribution in [0.1, 0.15) is 67.4 Å². The average Bonchev–Trinajstić information content (AvgIpc) is 4.08. The van der Waals surface area contributed by atoms with Gasteiger partial charge in [-0.2, -0.15) is 4.98 Å². The molecule has 1 fully saturated rings. The van der Waals surface area contributed by atoms with Gasteiger partial charge in [0.25, 0.3) is 29.2 Å². The third kappa shape index (κ3) is 10.3. The minimum atomic E-state index is -4.77. The Morgan fingerprint density at radius 3 is 1.95 bits per heavy atom. The summed E-state index contributed by atoms with van der Waals surface area (Å²) in [6.45, 7) is 0.160. The van der Waals surface area contributed by atoms with Gasteiger partial charge in [0.15, 0.2) is 11.2 Å². The lowest BCUT2D eigenvalue weighted by Crippen LogP contribution is -2.26. The van der Waals surface area contributed by atoms with Gasteiger partial charge in [-0.15, -0.1) is 0 Å². The number of carbonyl (C=O) groups is 4. The molecule has 0 aliphatic carbocycles. The predicted molar refractivity (Wildman–Crippen MR) is 226 cm³/mol. The number of aromatic nitrogens is 8. The molecule has 1 aliphatic rings. The number of phosphoric ester groups is 1. The first kappa shape index (κ1) is 44.2. The number of hydrogen-bond acceptors (Lipinski definition) is 12. The number of unbranched alkanes of at least 4 members (excludes halogenated alkanes) is 1. The van der Waals surface area contributed by atoms with Gasteiger partial charge < -0.3 is 64.5 Å². The Morgan fingerprint density at radius 2 is 1.40 bits per heavy atom. The van der Waals surface area contributed by atoms with E-state index in [0.29, 0.717) is 54.4 Å². The van der Waals surface area contributed by atoms with Crippen LogP contribution in [0, 0.1) is 0 Å². The van der Waals surface area contributed by atoms with E-state index >= 15 is 0 Å². The summed E-state index contributed by atoms with van der Waals surface area (Å²) in [5, 5.41) is 24.6. The van der Waals surface area contributed by atoms with Crippen molar-refractivity contribution in [1.82, 2.24) is 43.1 Å². The molecule has 7 rings (SSSR count). The molecule has 6 aromatic rings. The largest absolute Gasteiger partial charge is 0.469 e. The molecule has 6 aromatic heterocycles. The molecule has 0 saturated carbocycles. The van der Waals surface area contributed by atoms with Crippen LogP contribution in [-0.4, -0.2) is 108 Å². The average molecular weight is 892 g/mol. The zero-order valence-electron chi connectivity index (χ0n) is 34.4. The highest BCUT2D eigenvalue weighted by atomic mass is 31.2. The first-order chi connectivity index (χ1) is 29.9. The summed E-state index contributed by atoms with van der Waals surface area (Å²) in [4.78, 5) is 94.0. The van der Waals surface area contributed by atoms with E-state index in [1.165, 1.54) is 17.0 Å². The number of hydrogen-bond donors (Lipinski definition) is 9. The molecular weight excluding hydrogens is 845 g/mol. The van der Waals surface area contributed by atoms with Crippen molar-refractivity contribution in [2.24, 2.45) is 28.2 Å². The number of amides is 4. The molecule has 0 radical (unpaired) electrons. The maximum atomic E-state index is 13.3. The van der Waals surface area contributed by atoms with Crippen LogP contribution in [0.3, 0.4) is 0 Å². The van der Waals surface area contributed by atoms with E-state index < -0.39 is 50.2 Å². The number of H-pyrrole nitrogens is 1. The summed E-state index contributed by atoms with van der Waals surface area (Å²) < 4.78 is 29.1. The minimum absolute atomic E-state index is 0.0299. The van der Waals surface area contributed by atoms with Crippen molar-refractivity contribution in [3.8, 4) is 0 Å². The van der Waals surface area contributed by atoms with Crippen molar-refractivity contribution in [2.45, 2.75) is 37.7 Å². The molecule has 0 unspecified atom stereocenters. The summed E-state index contributed by atoms with van der Waals surface area (Å²) in [6, 6.07) is 8.05. The quantitative estimate of drug-likeness (QED) is 0.0465. The highest BCUT2D eigenvalue weighted by molar-refractivity contribution is 7.46. The monoisotopic (exact) mass is 891 g/mol. The van der Waals surface area contributed by atoms with Gasteiger partial charge in [-0.1, -0.05) is 0 Å². The third-order valence-corrected chi connectivity index (χ3v) is 10.7. The smallest absolute Gasteiger partial charge is 0.390 e. The molecule has 1 aliphatic heterocycles. The maximum absolute atomic E-state index is 13.3. The van der Waals surface area contributed by atoms with Gasteiger partial charge in [-0.25, -0.2) is 9.55 Å². The van der Waals surface area contributed by atoms with Crippen LogP contribution < -0.4 is 32.1 Å². The number of anilines is 4. The fourth-order valence-corrected chi connectivity index (χ4v) is 7.38. The molecule has 25 heteroatoms. The van der Waals surface area contributed by atoms with Crippen molar-refractivity contribution in [1.29, 1.82) is 0 Å². The number of nitrogens with zero attached hydrogens (tertiary/aromatic N) is 7. The normalized spacial score (nSPS) is 16.3. The molecule has 1 saturated heterocycles. The van der Waals surface area contributed by atoms with Crippen LogP contribution in [0.15, 0.2) is 66.2 Å². The summed E-state index contributed by atoms with van der Waals surface area (Å²) in [7, 11) is 1.99. The number of fused-ring (bicyclic) bond motifs is 1. The molecule has 3 atom stereocenters. The first-order valence-corrected chi connectivity index (χ1v) is 21.0. The summed E-state index contributed by atoms with van der Waals surface area (Å²) in [5.74, 6) is -1.46. The zero-order chi connectivity index (χ0) is 45.2. The first-order valence-electron chi connectivity index (χ1n) is 19.5. The van der Waals surface area contributed by atoms with Gasteiger partial charge in [0.1, 0.15) is 35.1 Å². The van der Waals surface area contributed by atoms with E-state index in [1.807, 2.05) is 0 Å².